The first-order chi connectivity index (χ1) is 25.2. The number of allylic oxidation sites excluding steroid dienone is 1. The van der Waals surface area contributed by atoms with E-state index in [1.165, 1.54) is 34.3 Å². The van der Waals surface area contributed by atoms with Crippen LogP contribution in [0.15, 0.2) is 76.1 Å². The number of anilines is 2. The molecule has 2 aromatic heterocycles. The number of hydrogen-bond donors (Lipinski definition) is 3. The molecule has 0 radical (unpaired) electrons. The van der Waals surface area contributed by atoms with Crippen molar-refractivity contribution in [1.82, 2.24) is 9.97 Å². The van der Waals surface area contributed by atoms with Crippen molar-refractivity contribution in [3.63, 3.8) is 0 Å². The number of fused-ring (bicyclic) bond motifs is 1. The van der Waals surface area contributed by atoms with Crippen LogP contribution < -0.4 is 35.7 Å². The van der Waals surface area contributed by atoms with Gasteiger partial charge in [-0.15, -0.1) is 0 Å². The molecule has 1 aliphatic rings. The molecular weight excluding hydrogens is 660 g/mol. The van der Waals surface area contributed by atoms with Gasteiger partial charge in [0.1, 0.15) is 17.3 Å². The third-order valence-corrected chi connectivity index (χ3v) is 10.0. The number of aromatic hydroxyl groups is 1. The predicted molar refractivity (Wildman–Crippen MR) is 203 cm³/mol. The van der Waals surface area contributed by atoms with Crippen LogP contribution in [0.4, 0.5) is 11.4 Å². The number of nitrogens with one attached hydrogen (secondary N) is 2. The average Bonchev–Trinajstić information content (AvgIpc) is 3.28. The van der Waals surface area contributed by atoms with Crippen LogP contribution in [-0.2, 0) is 17.9 Å². The molecule has 5 aromatic carbocycles. The number of phenols is 1. The highest BCUT2D eigenvalue weighted by atomic mass is 16.5. The van der Waals surface area contributed by atoms with Gasteiger partial charge in [0.05, 0.1) is 73.9 Å². The van der Waals surface area contributed by atoms with Crippen molar-refractivity contribution in [3.8, 4) is 23.0 Å². The van der Waals surface area contributed by atoms with Crippen LogP contribution >= 0.6 is 0 Å². The van der Waals surface area contributed by atoms with Gasteiger partial charge in [-0.3, -0.25) is 24.4 Å². The smallest absolute Gasteiger partial charge is 0.212 e. The van der Waals surface area contributed by atoms with Crippen LogP contribution in [0, 0.1) is 0 Å². The number of rotatable bonds is 10. The van der Waals surface area contributed by atoms with Crippen molar-refractivity contribution in [1.29, 1.82) is 0 Å². The van der Waals surface area contributed by atoms with Crippen molar-refractivity contribution in [2.45, 2.75) is 32.9 Å². The lowest BCUT2D eigenvalue weighted by Crippen LogP contribution is -2.17. The van der Waals surface area contributed by atoms with E-state index in [9.17, 15) is 14.7 Å². The number of pyridine rings is 2. The number of phenolic OH excluding ortho intramolecular Hbond substituents is 1. The highest BCUT2D eigenvalue weighted by Gasteiger charge is 2.37. The minimum Gasteiger partial charge on any atom is -0.504 e. The van der Waals surface area contributed by atoms with E-state index in [0.29, 0.717) is 78.1 Å². The number of Topliss-reactive ketones (excluding diaryl/α,β-unsaturated/α-hetero) is 1. The molecule has 8 rings (SSSR count). The highest BCUT2D eigenvalue weighted by Crippen LogP contribution is 2.57. The van der Waals surface area contributed by atoms with E-state index in [4.69, 9.17) is 14.2 Å². The zero-order chi connectivity index (χ0) is 36.4. The quantitative estimate of drug-likeness (QED) is 0.103. The zero-order valence-corrected chi connectivity index (χ0v) is 29.1. The summed E-state index contributed by atoms with van der Waals surface area (Å²) in [4.78, 5) is 51.8. The maximum atomic E-state index is 15.2. The molecule has 0 saturated heterocycles. The molecule has 260 valence electrons. The first-order valence-electron chi connectivity index (χ1n) is 16.7. The van der Waals surface area contributed by atoms with E-state index in [2.05, 4.69) is 20.6 Å². The summed E-state index contributed by atoms with van der Waals surface area (Å²) >= 11 is 0. The molecule has 0 bridgehead atoms. The van der Waals surface area contributed by atoms with Crippen LogP contribution in [0.25, 0.3) is 49.2 Å². The number of ketones is 1. The van der Waals surface area contributed by atoms with Gasteiger partial charge in [0.25, 0.3) is 0 Å². The Hall–Kier alpha value is -6.49. The van der Waals surface area contributed by atoms with Crippen LogP contribution in [0.2, 0.25) is 0 Å². The number of methoxy groups -OCH3 is 3. The third-order valence-electron chi connectivity index (χ3n) is 10.0. The number of aromatic nitrogens is 2. The van der Waals surface area contributed by atoms with Crippen LogP contribution in [-0.4, -0.2) is 42.2 Å². The SMILES string of the molecule is COc1c(O)c2c(=O)cc(OC)c3c4c(OC)cc(NCc5ccccn5)c5c(=O)c(NCc6ccccn6)c6c(c(c1C(C(C)=O)C(C)=C6)c23)c54. The molecule has 1 atom stereocenters. The molecule has 3 N–H and O–H groups in total. The van der Waals surface area contributed by atoms with Gasteiger partial charge < -0.3 is 30.0 Å². The van der Waals surface area contributed by atoms with E-state index in [1.807, 2.05) is 49.4 Å². The number of carbonyl (C=O) groups excluding carboxylic acids is 1. The molecule has 0 aliphatic heterocycles. The summed E-state index contributed by atoms with van der Waals surface area (Å²) in [6, 6.07) is 14.2. The summed E-state index contributed by atoms with van der Waals surface area (Å²) in [6.07, 6.45) is 5.23. The van der Waals surface area contributed by atoms with Gasteiger partial charge in [0.2, 0.25) is 5.43 Å². The van der Waals surface area contributed by atoms with Gasteiger partial charge in [0, 0.05) is 62.6 Å². The average molecular weight is 695 g/mol. The third kappa shape index (κ3) is 4.69. The minimum absolute atomic E-state index is 0.00612. The lowest BCUT2D eigenvalue weighted by atomic mass is 9.80. The van der Waals surface area contributed by atoms with Crippen LogP contribution in [0.5, 0.6) is 23.0 Å². The Labute approximate surface area is 297 Å². The van der Waals surface area contributed by atoms with Crippen LogP contribution in [0.3, 0.4) is 0 Å². The lowest BCUT2D eigenvalue weighted by molar-refractivity contribution is -0.117. The molecule has 11 nitrogen and oxygen atoms in total. The van der Waals surface area contributed by atoms with Crippen molar-refractivity contribution >= 4 is 66.3 Å². The molecule has 0 amide bonds. The summed E-state index contributed by atoms with van der Waals surface area (Å²) in [5, 5.41) is 22.0. The van der Waals surface area contributed by atoms with E-state index >= 15 is 4.79 Å². The highest BCUT2D eigenvalue weighted by molar-refractivity contribution is 6.40. The number of benzene rings is 5. The van der Waals surface area contributed by atoms with Crippen molar-refractivity contribution in [2.75, 3.05) is 32.0 Å². The molecule has 0 fully saturated rings. The Morgan fingerprint density at radius 2 is 1.38 bits per heavy atom. The van der Waals surface area contributed by atoms with Crippen LogP contribution in [0.1, 0.15) is 42.3 Å². The standard InChI is InChI=1S/C41H34N4O7/c1-19-14-23-29-34-30(39(48)38(23)45-18-22-11-7-9-13-43-22)24(44-17-21-10-6-8-12-42-21)15-26(50-3)32(34)33-27(51-4)16-25(47)31-36(33)35(29)37(28(19)20(2)46)41(52-5)40(31)49/h6-16,28,44-45,49H,17-18H2,1-5H3. The first kappa shape index (κ1) is 32.7. The van der Waals surface area contributed by atoms with Crippen molar-refractivity contribution in [2.24, 2.45) is 0 Å². The molecule has 2 heterocycles. The molecule has 0 saturated carbocycles. The molecule has 1 unspecified atom stereocenters. The Bertz CT molecular complexity index is 2730. The Balaban J connectivity index is 1.66. The fourth-order valence-electron chi connectivity index (χ4n) is 7.97. The fraction of sp³-hybridized carbons (Fsp3) is 0.195. The fourth-order valence-corrected chi connectivity index (χ4v) is 7.97. The Morgan fingerprint density at radius 3 is 1.96 bits per heavy atom. The number of carbonyl (C=O) groups is 1. The summed E-state index contributed by atoms with van der Waals surface area (Å²) in [6.45, 7) is 3.83. The zero-order valence-electron chi connectivity index (χ0n) is 29.1. The number of ether oxygens (including phenoxy) is 3. The van der Waals surface area contributed by atoms with E-state index in [1.54, 1.807) is 18.5 Å². The van der Waals surface area contributed by atoms with Gasteiger partial charge in [-0.25, -0.2) is 0 Å². The second kappa shape index (κ2) is 12.4. The topological polar surface area (TPSA) is 149 Å². The first-order valence-corrected chi connectivity index (χ1v) is 16.7. The van der Waals surface area contributed by atoms with Gasteiger partial charge in [-0.2, -0.15) is 0 Å². The van der Waals surface area contributed by atoms with Gasteiger partial charge in [-0.05, 0) is 43.5 Å². The summed E-state index contributed by atoms with van der Waals surface area (Å²) < 4.78 is 17.8. The normalized spacial score (nSPS) is 13.9. The summed E-state index contributed by atoms with van der Waals surface area (Å²) in [5.41, 5.74) is 3.00. The minimum atomic E-state index is -0.885. The van der Waals surface area contributed by atoms with Crippen molar-refractivity contribution < 1.29 is 24.1 Å². The Morgan fingerprint density at radius 1 is 0.769 bits per heavy atom. The molecule has 11 heteroatoms. The number of hydrogen-bond acceptors (Lipinski definition) is 11. The molecule has 7 aromatic rings. The lowest BCUT2D eigenvalue weighted by Gasteiger charge is -2.26. The monoisotopic (exact) mass is 694 g/mol. The number of nitrogens with zero attached hydrogens (tertiary/aromatic N) is 2. The van der Waals surface area contributed by atoms with E-state index < -0.39 is 11.3 Å². The molecule has 1 aliphatic carbocycles. The second-order valence-corrected chi connectivity index (χ2v) is 12.9. The van der Waals surface area contributed by atoms with E-state index in [-0.39, 0.29) is 46.1 Å². The van der Waals surface area contributed by atoms with E-state index in [0.717, 1.165) is 5.69 Å². The van der Waals surface area contributed by atoms with Gasteiger partial charge in [-0.1, -0.05) is 23.8 Å². The molecule has 52 heavy (non-hydrogen) atoms. The summed E-state index contributed by atoms with van der Waals surface area (Å²) in [5.74, 6) is -0.835. The molecular formula is C41H34N4O7. The maximum Gasteiger partial charge on any atom is 0.212 e. The van der Waals surface area contributed by atoms with Gasteiger partial charge in [0.15, 0.2) is 16.9 Å². The van der Waals surface area contributed by atoms with Crippen molar-refractivity contribution in [3.05, 3.63) is 109 Å². The van der Waals surface area contributed by atoms with Gasteiger partial charge >= 0.3 is 0 Å². The largest absolute Gasteiger partial charge is 0.504 e. The Kier molecular flexibility index (Phi) is 7.78. The molecule has 0 spiro atoms. The predicted octanol–water partition coefficient (Wildman–Crippen LogP) is 6.73. The second-order valence-electron chi connectivity index (χ2n) is 12.9. The summed E-state index contributed by atoms with van der Waals surface area (Å²) in [7, 11) is 4.39. The maximum absolute atomic E-state index is 15.2.